The molecule has 0 atom stereocenters. The summed E-state index contributed by atoms with van der Waals surface area (Å²) in [7, 11) is 1.70. The van der Waals surface area contributed by atoms with E-state index < -0.39 is 0 Å². The molecule has 4 rings (SSSR count). The molecular weight excluding hydrogens is 338 g/mol. The number of nitrogens with one attached hydrogen (secondary N) is 1. The lowest BCUT2D eigenvalue weighted by atomic mass is 9.89. The highest BCUT2D eigenvalue weighted by atomic mass is 35.5. The summed E-state index contributed by atoms with van der Waals surface area (Å²) in [5, 5.41) is 1.68. The van der Waals surface area contributed by atoms with Gasteiger partial charge in [0, 0.05) is 30.2 Å². The van der Waals surface area contributed by atoms with E-state index >= 15 is 0 Å². The maximum Gasteiger partial charge on any atom is 0.153 e. The molecule has 1 fully saturated rings. The minimum Gasteiger partial charge on any atom is -0.497 e. The number of halogens is 1. The number of nitrogens with zero attached hydrogens (tertiary/aromatic N) is 3. The van der Waals surface area contributed by atoms with Crippen molar-refractivity contribution < 1.29 is 4.74 Å². The summed E-state index contributed by atoms with van der Waals surface area (Å²) in [6.45, 7) is 1.77. The third kappa shape index (κ3) is 2.87. The van der Waals surface area contributed by atoms with E-state index in [0.717, 1.165) is 43.0 Å². The number of aromatic amines is 1. The molecule has 3 aromatic rings. The van der Waals surface area contributed by atoms with Gasteiger partial charge < -0.3 is 20.4 Å². The van der Waals surface area contributed by atoms with Gasteiger partial charge >= 0.3 is 0 Å². The van der Waals surface area contributed by atoms with Gasteiger partial charge in [0.1, 0.15) is 22.9 Å². The van der Waals surface area contributed by atoms with Crippen LogP contribution in [-0.2, 0) is 0 Å². The van der Waals surface area contributed by atoms with Crippen molar-refractivity contribution in [1.82, 2.24) is 15.0 Å². The molecule has 0 spiro atoms. The van der Waals surface area contributed by atoms with Gasteiger partial charge in [0.25, 0.3) is 0 Å². The maximum absolute atomic E-state index is 6.26. The van der Waals surface area contributed by atoms with E-state index in [-0.39, 0.29) is 0 Å². The van der Waals surface area contributed by atoms with Crippen molar-refractivity contribution in [2.45, 2.75) is 18.8 Å². The molecule has 0 radical (unpaired) electrons. The number of piperidine rings is 1. The average molecular weight is 358 g/mol. The SMILES string of the molecule is COc1ccc2[nH]cc(C3CCN(c4ncnc(N)c4Cl)CC3)c2c1. The predicted octanol–water partition coefficient (Wildman–Crippen LogP) is 3.59. The van der Waals surface area contributed by atoms with E-state index in [0.29, 0.717) is 16.8 Å². The van der Waals surface area contributed by atoms with Crippen LogP contribution < -0.4 is 15.4 Å². The number of ether oxygens (including phenoxy) is 1. The number of nitrogens with two attached hydrogens (primary N) is 1. The minimum atomic E-state index is 0.331. The fraction of sp³-hybridized carbons (Fsp3) is 0.333. The van der Waals surface area contributed by atoms with Crippen molar-refractivity contribution in [1.29, 1.82) is 0 Å². The number of anilines is 2. The van der Waals surface area contributed by atoms with E-state index in [1.807, 2.05) is 6.07 Å². The normalized spacial score (nSPS) is 15.7. The van der Waals surface area contributed by atoms with Crippen molar-refractivity contribution in [2.24, 2.45) is 0 Å². The topological polar surface area (TPSA) is 80.1 Å². The van der Waals surface area contributed by atoms with Gasteiger partial charge in [-0.2, -0.15) is 0 Å². The highest BCUT2D eigenvalue weighted by molar-refractivity contribution is 6.35. The largest absolute Gasteiger partial charge is 0.497 e. The molecule has 1 aromatic carbocycles. The second kappa shape index (κ2) is 6.44. The highest BCUT2D eigenvalue weighted by Crippen LogP contribution is 2.37. The molecule has 0 aliphatic carbocycles. The van der Waals surface area contributed by atoms with Crippen LogP contribution in [0.4, 0.5) is 11.6 Å². The van der Waals surface area contributed by atoms with Crippen LogP contribution in [0.15, 0.2) is 30.7 Å². The number of benzene rings is 1. The first-order chi connectivity index (χ1) is 12.2. The van der Waals surface area contributed by atoms with Crippen LogP contribution in [0.1, 0.15) is 24.3 Å². The zero-order valence-electron chi connectivity index (χ0n) is 14.0. The van der Waals surface area contributed by atoms with Crippen LogP contribution in [0.3, 0.4) is 0 Å². The molecule has 0 bridgehead atoms. The molecular formula is C18H20ClN5O. The molecule has 1 saturated heterocycles. The Hall–Kier alpha value is -2.47. The lowest BCUT2D eigenvalue weighted by molar-refractivity contribution is 0.415. The standard InChI is InChI=1S/C18H20ClN5O/c1-25-12-2-3-15-13(8-12)14(9-21-15)11-4-6-24(7-5-11)18-16(19)17(20)22-10-23-18/h2-3,8-11,21H,4-7H2,1H3,(H2,20,22,23). The Morgan fingerprint density at radius 2 is 2.08 bits per heavy atom. The van der Waals surface area contributed by atoms with Gasteiger partial charge in [-0.1, -0.05) is 11.6 Å². The summed E-state index contributed by atoms with van der Waals surface area (Å²) >= 11 is 6.26. The number of fused-ring (bicyclic) bond motifs is 1. The summed E-state index contributed by atoms with van der Waals surface area (Å²) < 4.78 is 5.37. The minimum absolute atomic E-state index is 0.331. The van der Waals surface area contributed by atoms with E-state index in [9.17, 15) is 0 Å². The number of hydrogen-bond acceptors (Lipinski definition) is 5. The molecule has 6 nitrogen and oxygen atoms in total. The van der Waals surface area contributed by atoms with Crippen molar-refractivity contribution in [3.63, 3.8) is 0 Å². The second-order valence-electron chi connectivity index (χ2n) is 6.31. The molecule has 0 saturated carbocycles. The first kappa shape index (κ1) is 16.0. The van der Waals surface area contributed by atoms with E-state index in [1.165, 1.54) is 17.3 Å². The highest BCUT2D eigenvalue weighted by Gasteiger charge is 2.25. The Kier molecular flexibility index (Phi) is 4.13. The number of rotatable bonds is 3. The van der Waals surface area contributed by atoms with Gasteiger partial charge in [-0.25, -0.2) is 9.97 Å². The number of nitrogen functional groups attached to an aromatic ring is 1. The first-order valence-corrected chi connectivity index (χ1v) is 8.71. The van der Waals surface area contributed by atoms with E-state index in [1.54, 1.807) is 7.11 Å². The zero-order chi connectivity index (χ0) is 17.4. The maximum atomic E-state index is 6.26. The Morgan fingerprint density at radius 1 is 1.28 bits per heavy atom. The molecule has 1 aliphatic heterocycles. The lowest BCUT2D eigenvalue weighted by Crippen LogP contribution is -2.33. The first-order valence-electron chi connectivity index (χ1n) is 8.33. The van der Waals surface area contributed by atoms with Crippen LogP contribution in [0.2, 0.25) is 5.02 Å². The summed E-state index contributed by atoms with van der Waals surface area (Å²) in [6.07, 6.45) is 5.66. The smallest absolute Gasteiger partial charge is 0.153 e. The molecule has 7 heteroatoms. The van der Waals surface area contributed by atoms with Crippen LogP contribution in [0.25, 0.3) is 10.9 Å². The van der Waals surface area contributed by atoms with Gasteiger partial charge in [-0.15, -0.1) is 0 Å². The van der Waals surface area contributed by atoms with Crippen molar-refractivity contribution in [3.8, 4) is 5.75 Å². The van der Waals surface area contributed by atoms with Crippen molar-refractivity contribution >= 4 is 34.1 Å². The van der Waals surface area contributed by atoms with Gasteiger partial charge in [-0.05, 0) is 42.5 Å². The Bertz CT molecular complexity index is 902. The molecule has 25 heavy (non-hydrogen) atoms. The third-order valence-electron chi connectivity index (χ3n) is 4.95. The monoisotopic (exact) mass is 357 g/mol. The Morgan fingerprint density at radius 3 is 2.84 bits per heavy atom. The van der Waals surface area contributed by atoms with Gasteiger partial charge in [0.05, 0.1) is 7.11 Å². The second-order valence-corrected chi connectivity index (χ2v) is 6.69. The van der Waals surface area contributed by atoms with E-state index in [4.69, 9.17) is 22.1 Å². The molecule has 0 amide bonds. The molecule has 2 aromatic heterocycles. The summed E-state index contributed by atoms with van der Waals surface area (Å²) in [5.41, 5.74) is 8.29. The fourth-order valence-electron chi connectivity index (χ4n) is 3.58. The number of H-pyrrole nitrogens is 1. The fourth-order valence-corrected chi connectivity index (χ4v) is 3.80. The Balaban J connectivity index is 1.55. The molecule has 3 heterocycles. The summed E-state index contributed by atoms with van der Waals surface area (Å²) in [6, 6.07) is 6.15. The van der Waals surface area contributed by atoms with Crippen LogP contribution >= 0.6 is 11.6 Å². The lowest BCUT2D eigenvalue weighted by Gasteiger charge is -2.33. The van der Waals surface area contributed by atoms with Gasteiger partial charge in [0.15, 0.2) is 5.82 Å². The van der Waals surface area contributed by atoms with Crippen molar-refractivity contribution in [3.05, 3.63) is 41.3 Å². The quantitative estimate of drug-likeness (QED) is 0.748. The predicted molar refractivity (Wildman–Crippen MR) is 100 cm³/mol. The van der Waals surface area contributed by atoms with Gasteiger partial charge in [-0.3, -0.25) is 0 Å². The third-order valence-corrected chi connectivity index (χ3v) is 5.32. The average Bonchev–Trinajstić information content (AvgIpc) is 3.07. The molecule has 0 unspecified atom stereocenters. The van der Waals surface area contributed by atoms with Gasteiger partial charge in [0.2, 0.25) is 0 Å². The van der Waals surface area contributed by atoms with Crippen LogP contribution in [0.5, 0.6) is 5.75 Å². The number of methoxy groups -OCH3 is 1. The molecule has 1 aliphatic rings. The zero-order valence-corrected chi connectivity index (χ0v) is 14.8. The molecule has 130 valence electrons. The summed E-state index contributed by atoms with van der Waals surface area (Å²) in [5.74, 6) is 2.44. The summed E-state index contributed by atoms with van der Waals surface area (Å²) in [4.78, 5) is 13.8. The van der Waals surface area contributed by atoms with Crippen LogP contribution in [-0.4, -0.2) is 35.2 Å². The van der Waals surface area contributed by atoms with Crippen molar-refractivity contribution in [2.75, 3.05) is 30.8 Å². The molecule has 3 N–H and O–H groups in total. The Labute approximate surface area is 151 Å². The van der Waals surface area contributed by atoms with Crippen LogP contribution in [0, 0.1) is 0 Å². The van der Waals surface area contributed by atoms with E-state index in [2.05, 4.69) is 38.2 Å². The number of hydrogen-bond donors (Lipinski definition) is 2. The number of aromatic nitrogens is 3.